The summed E-state index contributed by atoms with van der Waals surface area (Å²) in [5.41, 5.74) is 1.12. The van der Waals surface area contributed by atoms with Crippen molar-refractivity contribution < 1.29 is 33.4 Å². The van der Waals surface area contributed by atoms with Gasteiger partial charge in [0.1, 0.15) is 18.0 Å². The molecule has 2 rings (SSSR count). The van der Waals surface area contributed by atoms with Gasteiger partial charge in [-0.3, -0.25) is 19.2 Å². The van der Waals surface area contributed by atoms with Gasteiger partial charge in [0.15, 0.2) is 12.4 Å². The van der Waals surface area contributed by atoms with Crippen LogP contribution in [0, 0.1) is 0 Å². The fourth-order valence-corrected chi connectivity index (χ4v) is 2.42. The van der Waals surface area contributed by atoms with E-state index in [0.29, 0.717) is 22.7 Å². The summed E-state index contributed by atoms with van der Waals surface area (Å²) in [4.78, 5) is 47.2. The van der Waals surface area contributed by atoms with Crippen LogP contribution in [0.4, 0.5) is 5.69 Å². The van der Waals surface area contributed by atoms with Crippen molar-refractivity contribution >= 4 is 29.3 Å². The van der Waals surface area contributed by atoms with Crippen LogP contribution in [0.25, 0.3) is 0 Å². The van der Waals surface area contributed by atoms with Crippen LogP contribution in [-0.2, 0) is 14.3 Å². The average Bonchev–Trinajstić information content (AvgIpc) is 2.75. The molecular weight excluding hydrogens is 392 g/mol. The van der Waals surface area contributed by atoms with Crippen LogP contribution in [-0.4, -0.2) is 50.9 Å². The first-order chi connectivity index (χ1) is 14.3. The molecule has 0 bridgehead atoms. The van der Waals surface area contributed by atoms with Gasteiger partial charge in [-0.2, -0.15) is 0 Å². The zero-order valence-electron chi connectivity index (χ0n) is 16.8. The summed E-state index contributed by atoms with van der Waals surface area (Å²) in [6.07, 6.45) is 0. The van der Waals surface area contributed by atoms with E-state index in [2.05, 4.69) is 10.6 Å². The van der Waals surface area contributed by atoms with E-state index in [9.17, 15) is 19.2 Å². The Hall–Kier alpha value is -3.88. The van der Waals surface area contributed by atoms with E-state index in [4.69, 9.17) is 14.2 Å². The van der Waals surface area contributed by atoms with Crippen molar-refractivity contribution in [2.24, 2.45) is 0 Å². The number of hydrogen-bond acceptors (Lipinski definition) is 7. The standard InChI is InChI=1S/C21H22N2O7/c1-13(24)23-16-6-4-14(5-7-16)19(25)12-30-20(26)11-22-21(27)15-8-17(28-2)10-18(9-15)29-3/h4-10H,11-12H2,1-3H3,(H,22,27)(H,23,24). The Morgan fingerprint density at radius 2 is 1.47 bits per heavy atom. The lowest BCUT2D eigenvalue weighted by molar-refractivity contribution is -0.141. The second-order valence-corrected chi connectivity index (χ2v) is 6.13. The predicted molar refractivity (Wildman–Crippen MR) is 108 cm³/mol. The Kier molecular flexibility index (Phi) is 7.92. The number of benzene rings is 2. The van der Waals surface area contributed by atoms with E-state index in [0.717, 1.165) is 0 Å². The molecule has 2 aromatic rings. The summed E-state index contributed by atoms with van der Waals surface area (Å²) in [5.74, 6) is -1.07. The molecule has 0 unspecified atom stereocenters. The van der Waals surface area contributed by atoms with Crippen molar-refractivity contribution in [2.75, 3.05) is 32.7 Å². The van der Waals surface area contributed by atoms with Crippen LogP contribution in [0.3, 0.4) is 0 Å². The number of carbonyl (C=O) groups is 4. The van der Waals surface area contributed by atoms with Gasteiger partial charge in [0.2, 0.25) is 5.91 Å². The Labute approximate surface area is 173 Å². The van der Waals surface area contributed by atoms with Gasteiger partial charge in [0, 0.05) is 29.8 Å². The summed E-state index contributed by atoms with van der Waals surface area (Å²) in [7, 11) is 2.91. The molecule has 0 aliphatic rings. The number of Topliss-reactive ketones (excluding diaryl/α,β-unsaturated/α-hetero) is 1. The number of ketones is 1. The van der Waals surface area contributed by atoms with Crippen LogP contribution in [0.5, 0.6) is 11.5 Å². The van der Waals surface area contributed by atoms with Gasteiger partial charge < -0.3 is 24.8 Å². The van der Waals surface area contributed by atoms with E-state index in [1.54, 1.807) is 18.2 Å². The largest absolute Gasteiger partial charge is 0.497 e. The molecule has 0 saturated carbocycles. The minimum absolute atomic E-state index is 0.225. The fourth-order valence-electron chi connectivity index (χ4n) is 2.42. The molecule has 0 spiro atoms. The lowest BCUT2D eigenvalue weighted by Gasteiger charge is -2.09. The van der Waals surface area contributed by atoms with Gasteiger partial charge in [-0.25, -0.2) is 0 Å². The second-order valence-electron chi connectivity index (χ2n) is 6.13. The summed E-state index contributed by atoms with van der Waals surface area (Å²) < 4.78 is 15.1. The van der Waals surface area contributed by atoms with Crippen molar-refractivity contribution in [3.63, 3.8) is 0 Å². The molecular formula is C21H22N2O7. The molecule has 158 valence electrons. The normalized spacial score (nSPS) is 9.97. The highest BCUT2D eigenvalue weighted by atomic mass is 16.5. The average molecular weight is 414 g/mol. The highest BCUT2D eigenvalue weighted by Gasteiger charge is 2.14. The van der Waals surface area contributed by atoms with Gasteiger partial charge in [0.25, 0.3) is 5.91 Å². The lowest BCUT2D eigenvalue weighted by Crippen LogP contribution is -2.31. The Bertz CT molecular complexity index is 917. The zero-order valence-corrected chi connectivity index (χ0v) is 16.8. The molecule has 0 heterocycles. The van der Waals surface area contributed by atoms with E-state index < -0.39 is 30.8 Å². The molecule has 30 heavy (non-hydrogen) atoms. The van der Waals surface area contributed by atoms with Gasteiger partial charge in [-0.15, -0.1) is 0 Å². The number of esters is 1. The van der Waals surface area contributed by atoms with Crippen molar-refractivity contribution in [3.8, 4) is 11.5 Å². The van der Waals surface area contributed by atoms with E-state index in [1.165, 1.54) is 45.4 Å². The Morgan fingerprint density at radius 1 is 0.867 bits per heavy atom. The monoisotopic (exact) mass is 414 g/mol. The molecule has 0 fully saturated rings. The molecule has 0 radical (unpaired) electrons. The number of carbonyl (C=O) groups excluding carboxylic acids is 4. The summed E-state index contributed by atoms with van der Waals surface area (Å²) in [6.45, 7) is 0.496. The maximum atomic E-state index is 12.2. The van der Waals surface area contributed by atoms with Crippen LogP contribution < -0.4 is 20.1 Å². The second kappa shape index (κ2) is 10.6. The van der Waals surface area contributed by atoms with Gasteiger partial charge in [-0.1, -0.05) is 0 Å². The highest BCUT2D eigenvalue weighted by Crippen LogP contribution is 2.22. The first-order valence-corrected chi connectivity index (χ1v) is 8.90. The molecule has 9 nitrogen and oxygen atoms in total. The third-order valence-corrected chi connectivity index (χ3v) is 3.90. The first kappa shape index (κ1) is 22.4. The predicted octanol–water partition coefficient (Wildman–Crippen LogP) is 1.82. The first-order valence-electron chi connectivity index (χ1n) is 8.90. The van der Waals surface area contributed by atoms with E-state index >= 15 is 0 Å². The van der Waals surface area contributed by atoms with Crippen molar-refractivity contribution in [3.05, 3.63) is 53.6 Å². The quantitative estimate of drug-likeness (QED) is 0.474. The van der Waals surface area contributed by atoms with Crippen molar-refractivity contribution in [2.45, 2.75) is 6.92 Å². The number of ether oxygens (including phenoxy) is 3. The molecule has 2 N–H and O–H groups in total. The molecule has 0 atom stereocenters. The van der Waals surface area contributed by atoms with Crippen LogP contribution in [0.2, 0.25) is 0 Å². The number of methoxy groups -OCH3 is 2. The number of amides is 2. The zero-order chi connectivity index (χ0) is 22.1. The number of nitrogens with one attached hydrogen (secondary N) is 2. The summed E-state index contributed by atoms with van der Waals surface area (Å²) in [5, 5.41) is 5.00. The number of rotatable bonds is 9. The molecule has 2 aromatic carbocycles. The maximum Gasteiger partial charge on any atom is 0.325 e. The Balaban J connectivity index is 1.84. The summed E-state index contributed by atoms with van der Waals surface area (Å²) >= 11 is 0. The SMILES string of the molecule is COc1cc(OC)cc(C(=O)NCC(=O)OCC(=O)c2ccc(NC(C)=O)cc2)c1. The number of hydrogen-bond donors (Lipinski definition) is 2. The highest BCUT2D eigenvalue weighted by molar-refractivity contribution is 5.99. The maximum absolute atomic E-state index is 12.2. The molecule has 0 aliphatic heterocycles. The van der Waals surface area contributed by atoms with Crippen molar-refractivity contribution in [1.29, 1.82) is 0 Å². The molecule has 2 amide bonds. The third-order valence-electron chi connectivity index (χ3n) is 3.90. The minimum atomic E-state index is -0.763. The Morgan fingerprint density at radius 3 is 2.00 bits per heavy atom. The van der Waals surface area contributed by atoms with Gasteiger partial charge in [0.05, 0.1) is 14.2 Å². The van der Waals surface area contributed by atoms with Crippen molar-refractivity contribution in [1.82, 2.24) is 5.32 Å². The third kappa shape index (κ3) is 6.62. The van der Waals surface area contributed by atoms with Crippen LogP contribution in [0.1, 0.15) is 27.6 Å². The van der Waals surface area contributed by atoms with Crippen LogP contribution in [0.15, 0.2) is 42.5 Å². The number of anilines is 1. The smallest absolute Gasteiger partial charge is 0.325 e. The van der Waals surface area contributed by atoms with E-state index in [1.807, 2.05) is 0 Å². The lowest BCUT2D eigenvalue weighted by atomic mass is 10.1. The fraction of sp³-hybridized carbons (Fsp3) is 0.238. The molecule has 0 aromatic heterocycles. The van der Waals surface area contributed by atoms with E-state index in [-0.39, 0.29) is 11.5 Å². The molecule has 0 saturated heterocycles. The van der Waals surface area contributed by atoms with Crippen LogP contribution >= 0.6 is 0 Å². The van der Waals surface area contributed by atoms with Gasteiger partial charge in [-0.05, 0) is 36.4 Å². The molecule has 0 aliphatic carbocycles. The molecule has 9 heteroatoms. The minimum Gasteiger partial charge on any atom is -0.497 e. The topological polar surface area (TPSA) is 120 Å². The summed E-state index contributed by atoms with van der Waals surface area (Å²) in [6, 6.07) is 10.8. The van der Waals surface area contributed by atoms with Gasteiger partial charge >= 0.3 is 5.97 Å².